The molecule has 242 valence electrons. The van der Waals surface area contributed by atoms with Gasteiger partial charge in [-0.2, -0.15) is 0 Å². The number of para-hydroxylation sites is 2. The topological polar surface area (TPSA) is 96.0 Å². The highest BCUT2D eigenvalue weighted by molar-refractivity contribution is 7.98. The molecule has 12 heteroatoms. The van der Waals surface area contributed by atoms with Crippen LogP contribution in [0.3, 0.4) is 0 Å². The number of amides is 2. The van der Waals surface area contributed by atoms with Gasteiger partial charge in [-0.1, -0.05) is 71.7 Å². The molecule has 1 N–H and O–H groups in total. The van der Waals surface area contributed by atoms with E-state index < -0.39 is 34.4 Å². The number of benzene rings is 4. The average molecular weight is 701 g/mol. The lowest BCUT2D eigenvalue weighted by atomic mass is 10.0. The lowest BCUT2D eigenvalue weighted by Gasteiger charge is -2.34. The van der Waals surface area contributed by atoms with Crippen LogP contribution in [0.2, 0.25) is 10.0 Å². The van der Waals surface area contributed by atoms with Crippen molar-refractivity contribution in [3.05, 3.63) is 118 Å². The minimum atomic E-state index is -4.29. The van der Waals surface area contributed by atoms with Crippen molar-refractivity contribution in [2.75, 3.05) is 30.8 Å². The van der Waals surface area contributed by atoms with Crippen molar-refractivity contribution in [1.82, 2.24) is 10.2 Å². The zero-order chi connectivity index (χ0) is 33.3. The number of hydrogen-bond acceptors (Lipinski definition) is 6. The fourth-order valence-corrected chi connectivity index (χ4v) is 7.04. The predicted molar refractivity (Wildman–Crippen MR) is 185 cm³/mol. The number of rotatable bonds is 14. The molecule has 0 saturated carbocycles. The summed E-state index contributed by atoms with van der Waals surface area (Å²) in [7, 11) is -2.79. The summed E-state index contributed by atoms with van der Waals surface area (Å²) in [6, 6.07) is 26.4. The van der Waals surface area contributed by atoms with Gasteiger partial charge in [0.2, 0.25) is 11.8 Å². The summed E-state index contributed by atoms with van der Waals surface area (Å²) in [6.07, 6.45) is 2.08. The molecule has 8 nitrogen and oxygen atoms in total. The van der Waals surface area contributed by atoms with E-state index >= 15 is 0 Å². The third kappa shape index (κ3) is 8.55. The number of anilines is 1. The molecule has 2 amide bonds. The van der Waals surface area contributed by atoms with Crippen LogP contribution in [0.15, 0.2) is 107 Å². The Bertz CT molecular complexity index is 1760. The second-order valence-electron chi connectivity index (χ2n) is 10.2. The van der Waals surface area contributed by atoms with Gasteiger partial charge in [0.1, 0.15) is 18.3 Å². The van der Waals surface area contributed by atoms with E-state index in [1.54, 1.807) is 61.5 Å². The van der Waals surface area contributed by atoms with Gasteiger partial charge in [-0.15, -0.1) is 11.8 Å². The van der Waals surface area contributed by atoms with Crippen LogP contribution < -0.4 is 14.4 Å². The van der Waals surface area contributed by atoms with Crippen molar-refractivity contribution in [2.24, 2.45) is 0 Å². The van der Waals surface area contributed by atoms with Crippen molar-refractivity contribution in [3.63, 3.8) is 0 Å². The van der Waals surface area contributed by atoms with Crippen LogP contribution >= 0.6 is 35.0 Å². The first-order valence-corrected chi connectivity index (χ1v) is 17.9. The van der Waals surface area contributed by atoms with Gasteiger partial charge in [-0.05, 0) is 72.8 Å². The molecule has 1 atom stereocenters. The zero-order valence-electron chi connectivity index (χ0n) is 25.7. The van der Waals surface area contributed by atoms with E-state index in [0.29, 0.717) is 16.3 Å². The largest absolute Gasteiger partial charge is 0.492 e. The molecule has 4 aromatic carbocycles. The molecule has 0 bridgehead atoms. The molecule has 4 rings (SSSR count). The van der Waals surface area contributed by atoms with Gasteiger partial charge in [-0.25, -0.2) is 8.42 Å². The Kier molecular flexibility index (Phi) is 12.4. The molecule has 0 aliphatic rings. The number of nitrogens with one attached hydrogen (secondary N) is 1. The second-order valence-corrected chi connectivity index (χ2v) is 13.7. The number of hydrogen-bond donors (Lipinski definition) is 1. The molecule has 0 saturated heterocycles. The smallest absolute Gasteiger partial charge is 0.264 e. The standard InChI is InChI=1S/C34H35Cl2N3O5S2/c1-4-44-32-13-9-8-12-30(32)39(46(42,43)27-17-15-26(45-3)16-18-27)23-33(40)38(22-25-14-19-28(35)29(36)20-25)31(34(41)37-2)21-24-10-6-5-7-11-24/h5-20,31H,4,21-23H2,1-3H3,(H,37,41)/t31-/m0/s1. The summed E-state index contributed by atoms with van der Waals surface area (Å²) in [5, 5.41) is 3.30. The van der Waals surface area contributed by atoms with Gasteiger partial charge < -0.3 is 15.0 Å². The monoisotopic (exact) mass is 699 g/mol. The molecule has 0 unspecified atom stereocenters. The molecule has 0 spiro atoms. The Morgan fingerprint density at radius 2 is 1.57 bits per heavy atom. The first-order valence-electron chi connectivity index (χ1n) is 14.5. The summed E-state index contributed by atoms with van der Waals surface area (Å²) in [4.78, 5) is 30.2. The molecule has 0 aromatic heterocycles. The Morgan fingerprint density at radius 1 is 0.891 bits per heavy atom. The maximum atomic E-state index is 14.5. The maximum Gasteiger partial charge on any atom is 0.264 e. The van der Waals surface area contributed by atoms with Crippen LogP contribution in [-0.2, 0) is 32.6 Å². The van der Waals surface area contributed by atoms with Crippen LogP contribution in [0.1, 0.15) is 18.1 Å². The molecular formula is C34H35Cl2N3O5S2. The van der Waals surface area contributed by atoms with Crippen LogP contribution in [0.25, 0.3) is 0 Å². The number of halogens is 2. The highest BCUT2D eigenvalue weighted by atomic mass is 35.5. The summed E-state index contributed by atoms with van der Waals surface area (Å²) < 4.78 is 35.5. The molecule has 0 heterocycles. The Hall–Kier alpha value is -3.70. The van der Waals surface area contributed by atoms with Crippen molar-refractivity contribution in [3.8, 4) is 5.75 Å². The van der Waals surface area contributed by atoms with E-state index in [1.165, 1.54) is 35.8 Å². The number of carbonyl (C=O) groups excluding carboxylic acids is 2. The number of thioether (sulfide) groups is 1. The molecule has 46 heavy (non-hydrogen) atoms. The van der Waals surface area contributed by atoms with E-state index in [9.17, 15) is 18.0 Å². The summed E-state index contributed by atoms with van der Waals surface area (Å²) in [6.45, 7) is 1.42. The molecule has 4 aromatic rings. The first kappa shape index (κ1) is 35.2. The number of likely N-dealkylation sites (N-methyl/N-ethyl adjacent to an activating group) is 1. The minimum absolute atomic E-state index is 0.00701. The lowest BCUT2D eigenvalue weighted by molar-refractivity contribution is -0.139. The van der Waals surface area contributed by atoms with Crippen molar-refractivity contribution in [1.29, 1.82) is 0 Å². The molecule has 0 radical (unpaired) electrons. The average Bonchev–Trinajstić information content (AvgIpc) is 3.07. The number of ether oxygens (including phenoxy) is 1. The van der Waals surface area contributed by atoms with E-state index in [-0.39, 0.29) is 35.2 Å². The van der Waals surface area contributed by atoms with Crippen LogP contribution in [-0.4, -0.2) is 57.6 Å². The third-order valence-corrected chi connectivity index (χ3v) is 10.5. The Labute approximate surface area is 284 Å². The SMILES string of the molecule is CCOc1ccccc1N(CC(=O)N(Cc1ccc(Cl)c(Cl)c1)[C@@H](Cc1ccccc1)C(=O)NC)S(=O)(=O)c1ccc(SC)cc1. The fraction of sp³-hybridized carbons (Fsp3) is 0.235. The van der Waals surface area contributed by atoms with Gasteiger partial charge in [0.25, 0.3) is 10.0 Å². The lowest BCUT2D eigenvalue weighted by Crippen LogP contribution is -2.53. The van der Waals surface area contributed by atoms with E-state index in [0.717, 1.165) is 14.8 Å². The van der Waals surface area contributed by atoms with Crippen molar-refractivity contribution in [2.45, 2.75) is 35.7 Å². The van der Waals surface area contributed by atoms with Crippen LogP contribution in [0.4, 0.5) is 5.69 Å². The van der Waals surface area contributed by atoms with Gasteiger partial charge in [0, 0.05) is 24.9 Å². The summed E-state index contributed by atoms with van der Waals surface area (Å²) in [5.41, 5.74) is 1.63. The third-order valence-electron chi connectivity index (χ3n) is 7.21. The second kappa shape index (κ2) is 16.2. The van der Waals surface area contributed by atoms with Gasteiger partial charge in [0.05, 0.1) is 27.2 Å². The Balaban J connectivity index is 1.83. The number of carbonyl (C=O) groups is 2. The fourth-order valence-electron chi connectivity index (χ4n) is 4.88. The van der Waals surface area contributed by atoms with E-state index in [2.05, 4.69) is 5.32 Å². The van der Waals surface area contributed by atoms with Crippen LogP contribution in [0, 0.1) is 0 Å². The molecule has 0 aliphatic heterocycles. The van der Waals surface area contributed by atoms with Crippen molar-refractivity contribution < 1.29 is 22.7 Å². The maximum absolute atomic E-state index is 14.5. The first-order chi connectivity index (χ1) is 22.1. The molecular weight excluding hydrogens is 665 g/mol. The highest BCUT2D eigenvalue weighted by Gasteiger charge is 2.35. The van der Waals surface area contributed by atoms with Gasteiger partial charge >= 0.3 is 0 Å². The molecule has 0 aliphatic carbocycles. The van der Waals surface area contributed by atoms with E-state index in [1.807, 2.05) is 36.6 Å². The molecule has 0 fully saturated rings. The number of sulfonamides is 1. The quantitative estimate of drug-likeness (QED) is 0.147. The summed E-state index contributed by atoms with van der Waals surface area (Å²) in [5.74, 6) is -0.717. The van der Waals surface area contributed by atoms with Crippen LogP contribution in [0.5, 0.6) is 5.75 Å². The van der Waals surface area contributed by atoms with Gasteiger partial charge in [0.15, 0.2) is 0 Å². The predicted octanol–water partition coefficient (Wildman–Crippen LogP) is 6.70. The van der Waals surface area contributed by atoms with Crippen molar-refractivity contribution >= 4 is 62.5 Å². The highest BCUT2D eigenvalue weighted by Crippen LogP contribution is 2.33. The minimum Gasteiger partial charge on any atom is -0.492 e. The van der Waals surface area contributed by atoms with E-state index in [4.69, 9.17) is 27.9 Å². The van der Waals surface area contributed by atoms with Gasteiger partial charge in [-0.3, -0.25) is 13.9 Å². The summed E-state index contributed by atoms with van der Waals surface area (Å²) >= 11 is 14.0. The normalized spacial score (nSPS) is 11.8. The number of nitrogens with zero attached hydrogens (tertiary/aromatic N) is 2. The zero-order valence-corrected chi connectivity index (χ0v) is 28.8. The Morgan fingerprint density at radius 3 is 2.20 bits per heavy atom.